The van der Waals surface area contributed by atoms with Crippen molar-refractivity contribution in [2.45, 2.75) is 104 Å². The average molecular weight is 477 g/mol. The number of benzene rings is 1. The molecule has 1 unspecified atom stereocenters. The Bertz CT molecular complexity index is 673. The molecule has 0 saturated carbocycles. The van der Waals surface area contributed by atoms with Crippen molar-refractivity contribution in [2.24, 2.45) is 5.92 Å². The van der Waals surface area contributed by atoms with Crippen molar-refractivity contribution in [3.8, 4) is 0 Å². The summed E-state index contributed by atoms with van der Waals surface area (Å²) in [5.41, 5.74) is 0.805. The van der Waals surface area contributed by atoms with Gasteiger partial charge in [-0.2, -0.15) is 0 Å². The van der Waals surface area contributed by atoms with Crippen LogP contribution in [0, 0.1) is 5.92 Å². The summed E-state index contributed by atoms with van der Waals surface area (Å²) >= 11 is 0. The molecule has 34 heavy (non-hydrogen) atoms. The van der Waals surface area contributed by atoms with Crippen LogP contribution in [0.15, 0.2) is 30.3 Å². The maximum absolute atomic E-state index is 12.6. The summed E-state index contributed by atoms with van der Waals surface area (Å²) in [6.45, 7) is 4.87. The Balaban J connectivity index is 2.44. The van der Waals surface area contributed by atoms with Crippen LogP contribution < -0.4 is 0 Å². The molecule has 0 aliphatic rings. The van der Waals surface area contributed by atoms with Gasteiger partial charge in [0.2, 0.25) is 0 Å². The number of carbonyl (C=O) groups is 3. The number of hydrogen-bond acceptors (Lipinski definition) is 6. The quantitative estimate of drug-likeness (QED) is 0.0919. The highest BCUT2D eigenvalue weighted by Gasteiger charge is 2.33. The summed E-state index contributed by atoms with van der Waals surface area (Å²) in [7, 11) is 0. The molecule has 0 amide bonds. The van der Waals surface area contributed by atoms with Gasteiger partial charge in [-0.25, -0.2) is 0 Å². The van der Waals surface area contributed by atoms with E-state index in [1.807, 2.05) is 30.3 Å². The molecular weight excluding hydrogens is 432 g/mol. The lowest BCUT2D eigenvalue weighted by Gasteiger charge is -2.15. The van der Waals surface area contributed by atoms with Crippen molar-refractivity contribution in [3.63, 3.8) is 0 Å². The van der Waals surface area contributed by atoms with E-state index in [1.54, 1.807) is 0 Å². The molecule has 0 spiro atoms. The zero-order chi connectivity index (χ0) is 24.9. The molecule has 0 aliphatic heterocycles. The number of esters is 3. The fraction of sp³-hybridized carbons (Fsp3) is 0.679. The van der Waals surface area contributed by atoms with Crippen LogP contribution >= 0.6 is 0 Å². The number of carbonyl (C=O) groups excluding carboxylic acids is 3. The summed E-state index contributed by atoms with van der Waals surface area (Å²) in [5, 5.41) is 0. The monoisotopic (exact) mass is 476 g/mol. The van der Waals surface area contributed by atoms with Gasteiger partial charge in [-0.1, -0.05) is 108 Å². The van der Waals surface area contributed by atoms with E-state index in [0.29, 0.717) is 6.61 Å². The van der Waals surface area contributed by atoms with E-state index in [-0.39, 0.29) is 19.6 Å². The van der Waals surface area contributed by atoms with Crippen LogP contribution in [0.1, 0.15) is 103 Å². The van der Waals surface area contributed by atoms with Crippen LogP contribution in [0.25, 0.3) is 0 Å². The van der Waals surface area contributed by atoms with Gasteiger partial charge >= 0.3 is 17.9 Å². The summed E-state index contributed by atoms with van der Waals surface area (Å²) in [6.07, 6.45) is 12.6. The van der Waals surface area contributed by atoms with Gasteiger partial charge in [-0.05, 0) is 18.4 Å². The van der Waals surface area contributed by atoms with Crippen LogP contribution in [-0.2, 0) is 35.2 Å². The third kappa shape index (κ3) is 14.7. The first-order valence-electron chi connectivity index (χ1n) is 13.1. The van der Waals surface area contributed by atoms with Crippen LogP contribution in [0.5, 0.6) is 0 Å². The maximum Gasteiger partial charge on any atom is 0.321 e. The fourth-order valence-corrected chi connectivity index (χ4v) is 3.54. The number of rotatable bonds is 20. The Morgan fingerprint density at radius 3 is 1.76 bits per heavy atom. The number of unbranched alkanes of at least 4 members (excludes halogenated alkanes) is 10. The number of hydrogen-bond donors (Lipinski definition) is 0. The lowest BCUT2D eigenvalue weighted by atomic mass is 10.1. The summed E-state index contributed by atoms with van der Waals surface area (Å²) in [6, 6.07) is 9.20. The van der Waals surface area contributed by atoms with Gasteiger partial charge in [-0.15, -0.1) is 0 Å². The van der Waals surface area contributed by atoms with E-state index in [0.717, 1.165) is 50.5 Å². The van der Waals surface area contributed by atoms with Crippen LogP contribution in [0.3, 0.4) is 0 Å². The van der Waals surface area contributed by atoms with Gasteiger partial charge in [0.15, 0.2) is 5.92 Å². The molecule has 0 N–H and O–H groups in total. The highest BCUT2D eigenvalue weighted by molar-refractivity contribution is 5.98. The lowest BCUT2D eigenvalue weighted by Crippen LogP contribution is -2.31. The second kappa shape index (κ2) is 20.0. The van der Waals surface area contributed by atoms with Crippen LogP contribution in [-0.4, -0.2) is 31.1 Å². The Morgan fingerprint density at radius 2 is 1.15 bits per heavy atom. The van der Waals surface area contributed by atoms with Crippen molar-refractivity contribution >= 4 is 17.9 Å². The second-order valence-electron chi connectivity index (χ2n) is 8.77. The molecule has 0 aromatic heterocycles. The topological polar surface area (TPSA) is 78.9 Å². The largest absolute Gasteiger partial charge is 0.466 e. The molecule has 0 bridgehead atoms. The van der Waals surface area contributed by atoms with E-state index < -0.39 is 23.8 Å². The first-order valence-corrected chi connectivity index (χ1v) is 13.1. The summed E-state index contributed by atoms with van der Waals surface area (Å²) in [4.78, 5) is 37.5. The molecule has 6 nitrogen and oxygen atoms in total. The molecule has 0 heterocycles. The normalized spacial score (nSPS) is 11.6. The van der Waals surface area contributed by atoms with Crippen LogP contribution in [0.4, 0.5) is 0 Å². The molecule has 192 valence electrons. The van der Waals surface area contributed by atoms with Crippen molar-refractivity contribution in [1.82, 2.24) is 0 Å². The molecule has 0 saturated heterocycles. The molecule has 1 aromatic rings. The first kappa shape index (κ1) is 29.7. The predicted molar refractivity (Wildman–Crippen MR) is 133 cm³/mol. The van der Waals surface area contributed by atoms with Gasteiger partial charge in [0, 0.05) is 0 Å². The molecule has 6 heteroatoms. The maximum atomic E-state index is 12.6. The third-order valence-electron chi connectivity index (χ3n) is 5.67. The Labute approximate surface area is 205 Å². The van der Waals surface area contributed by atoms with E-state index in [9.17, 15) is 14.4 Å². The first-order chi connectivity index (χ1) is 16.6. The zero-order valence-electron chi connectivity index (χ0n) is 21.2. The van der Waals surface area contributed by atoms with Crippen molar-refractivity contribution in [2.75, 3.05) is 13.2 Å². The Kier molecular flexibility index (Phi) is 17.5. The standard InChI is InChI=1S/C28H44O6/c1-3-5-7-9-10-11-12-17-20-32-26(29)22-25(27(30)33-21-16-8-6-4-2)28(31)34-23-24-18-14-13-15-19-24/h13-15,18-19,25H,3-12,16-17,20-23H2,1-2H3. The molecule has 0 radical (unpaired) electrons. The fourth-order valence-electron chi connectivity index (χ4n) is 3.54. The van der Waals surface area contributed by atoms with E-state index in [2.05, 4.69) is 13.8 Å². The van der Waals surface area contributed by atoms with Gasteiger partial charge < -0.3 is 14.2 Å². The zero-order valence-corrected chi connectivity index (χ0v) is 21.2. The van der Waals surface area contributed by atoms with Gasteiger partial charge in [0.05, 0.1) is 19.6 Å². The summed E-state index contributed by atoms with van der Waals surface area (Å²) in [5.74, 6) is -3.36. The van der Waals surface area contributed by atoms with E-state index in [4.69, 9.17) is 14.2 Å². The molecule has 1 rings (SSSR count). The highest BCUT2D eigenvalue weighted by Crippen LogP contribution is 2.14. The third-order valence-corrected chi connectivity index (χ3v) is 5.67. The minimum Gasteiger partial charge on any atom is -0.466 e. The lowest BCUT2D eigenvalue weighted by molar-refractivity contribution is -0.167. The van der Waals surface area contributed by atoms with Gasteiger partial charge in [0.25, 0.3) is 0 Å². The summed E-state index contributed by atoms with van der Waals surface area (Å²) < 4.78 is 15.9. The SMILES string of the molecule is CCCCCCCCCCOC(=O)CC(C(=O)OCCCCCC)C(=O)OCc1ccccc1. The van der Waals surface area contributed by atoms with E-state index >= 15 is 0 Å². The van der Waals surface area contributed by atoms with Gasteiger partial charge in [-0.3, -0.25) is 14.4 Å². The average Bonchev–Trinajstić information content (AvgIpc) is 2.85. The minimum atomic E-state index is -1.30. The minimum absolute atomic E-state index is 0.0350. The second-order valence-corrected chi connectivity index (χ2v) is 8.77. The van der Waals surface area contributed by atoms with Gasteiger partial charge in [0.1, 0.15) is 6.61 Å². The molecule has 0 fully saturated rings. The molecule has 0 aliphatic carbocycles. The number of ether oxygens (including phenoxy) is 3. The highest BCUT2D eigenvalue weighted by atomic mass is 16.6. The van der Waals surface area contributed by atoms with Crippen molar-refractivity contribution in [1.29, 1.82) is 0 Å². The smallest absolute Gasteiger partial charge is 0.321 e. The molecule has 1 aromatic carbocycles. The molecular formula is C28H44O6. The molecule has 1 atom stereocenters. The van der Waals surface area contributed by atoms with Crippen molar-refractivity contribution < 1.29 is 28.6 Å². The Morgan fingerprint density at radius 1 is 0.647 bits per heavy atom. The predicted octanol–water partition coefficient (Wildman–Crippen LogP) is 6.54. The van der Waals surface area contributed by atoms with E-state index in [1.165, 1.54) is 32.1 Å². The Hall–Kier alpha value is -2.37. The van der Waals surface area contributed by atoms with Crippen molar-refractivity contribution in [3.05, 3.63) is 35.9 Å². The van der Waals surface area contributed by atoms with Crippen LogP contribution in [0.2, 0.25) is 0 Å².